The van der Waals surface area contributed by atoms with Crippen LogP contribution in [-0.2, 0) is 13.6 Å². The van der Waals surface area contributed by atoms with Crippen molar-refractivity contribution in [2.75, 3.05) is 5.32 Å². The highest BCUT2D eigenvalue weighted by atomic mass is 16.1. The van der Waals surface area contributed by atoms with E-state index in [2.05, 4.69) is 22.5 Å². The van der Waals surface area contributed by atoms with Crippen molar-refractivity contribution < 1.29 is 0 Å². The second-order valence-corrected chi connectivity index (χ2v) is 7.16. The quantitative estimate of drug-likeness (QED) is 0.774. The minimum atomic E-state index is -0.0726. The van der Waals surface area contributed by atoms with Gasteiger partial charge in [0.25, 0.3) is 5.56 Å². The van der Waals surface area contributed by atoms with Gasteiger partial charge in [0, 0.05) is 42.5 Å². The molecular formula is C21H24N4O. The summed E-state index contributed by atoms with van der Waals surface area (Å²) in [5.74, 6) is 0.640. The summed E-state index contributed by atoms with van der Waals surface area (Å²) < 4.78 is 1.36. The minimum Gasteiger partial charge on any atom is -0.381 e. The predicted octanol–water partition coefficient (Wildman–Crippen LogP) is 3.99. The van der Waals surface area contributed by atoms with E-state index in [1.165, 1.54) is 42.5 Å². The van der Waals surface area contributed by atoms with Crippen molar-refractivity contribution >= 4 is 16.5 Å². The Labute approximate surface area is 153 Å². The lowest BCUT2D eigenvalue weighted by Crippen LogP contribution is -2.18. The van der Waals surface area contributed by atoms with E-state index < -0.39 is 0 Å². The molecule has 0 unspecified atom stereocenters. The highest BCUT2D eigenvalue weighted by Crippen LogP contribution is 2.31. The molecule has 3 aromatic rings. The number of aryl methyl sites for hydroxylation is 1. The number of hydrogen-bond donors (Lipinski definition) is 1. The smallest absolute Gasteiger partial charge is 0.274 e. The van der Waals surface area contributed by atoms with E-state index >= 15 is 0 Å². The summed E-state index contributed by atoms with van der Waals surface area (Å²) in [6.07, 6.45) is 10.3. The SMILES string of the molecule is Cn1ncc2cc(NCc3ccc(C4CCCCC4)nc3)ccc2c1=O. The van der Waals surface area contributed by atoms with Gasteiger partial charge in [-0.05, 0) is 42.7 Å². The molecule has 5 nitrogen and oxygen atoms in total. The number of hydrogen-bond acceptors (Lipinski definition) is 4. The first kappa shape index (κ1) is 16.8. The molecule has 2 heterocycles. The lowest BCUT2D eigenvalue weighted by molar-refractivity contribution is 0.436. The molecule has 4 rings (SSSR count). The first-order chi connectivity index (χ1) is 12.7. The average molecular weight is 348 g/mol. The number of benzene rings is 1. The van der Waals surface area contributed by atoms with E-state index in [0.29, 0.717) is 17.8 Å². The molecule has 1 aromatic carbocycles. The Morgan fingerprint density at radius 2 is 1.96 bits per heavy atom. The molecule has 0 radical (unpaired) electrons. The van der Waals surface area contributed by atoms with Crippen LogP contribution in [0.25, 0.3) is 10.8 Å². The Bertz CT molecular complexity index is 956. The third-order valence-electron chi connectivity index (χ3n) is 5.31. The molecule has 5 heteroatoms. The predicted molar refractivity (Wildman–Crippen MR) is 104 cm³/mol. The van der Waals surface area contributed by atoms with Crippen LogP contribution in [0, 0.1) is 0 Å². The zero-order valence-electron chi connectivity index (χ0n) is 15.1. The van der Waals surface area contributed by atoms with Crippen molar-refractivity contribution in [3.8, 4) is 0 Å². The number of rotatable bonds is 4. The van der Waals surface area contributed by atoms with Crippen LogP contribution in [0.3, 0.4) is 0 Å². The molecule has 134 valence electrons. The molecule has 1 aliphatic carbocycles. The second-order valence-electron chi connectivity index (χ2n) is 7.16. The molecule has 0 saturated heterocycles. The Kier molecular flexibility index (Phi) is 4.69. The summed E-state index contributed by atoms with van der Waals surface area (Å²) in [5, 5.41) is 9.03. The molecule has 1 fully saturated rings. The first-order valence-electron chi connectivity index (χ1n) is 9.35. The van der Waals surface area contributed by atoms with Gasteiger partial charge in [0.2, 0.25) is 0 Å². The standard InChI is InChI=1S/C21H24N4O/c1-25-21(26)19-9-8-18(11-17(19)14-24-25)22-12-15-7-10-20(23-13-15)16-5-3-2-4-6-16/h7-11,13-14,16,22H,2-6,12H2,1H3. The van der Waals surface area contributed by atoms with Crippen LogP contribution in [0.1, 0.15) is 49.3 Å². The van der Waals surface area contributed by atoms with E-state index in [0.717, 1.165) is 16.6 Å². The van der Waals surface area contributed by atoms with Gasteiger partial charge in [-0.25, -0.2) is 4.68 Å². The largest absolute Gasteiger partial charge is 0.381 e. The van der Waals surface area contributed by atoms with Gasteiger partial charge in [-0.15, -0.1) is 0 Å². The van der Waals surface area contributed by atoms with Gasteiger partial charge >= 0.3 is 0 Å². The Morgan fingerprint density at radius 1 is 1.12 bits per heavy atom. The number of nitrogens with zero attached hydrogens (tertiary/aromatic N) is 3. The number of anilines is 1. The van der Waals surface area contributed by atoms with Gasteiger partial charge in [-0.2, -0.15) is 5.10 Å². The topological polar surface area (TPSA) is 59.8 Å². The van der Waals surface area contributed by atoms with E-state index in [1.54, 1.807) is 13.2 Å². The van der Waals surface area contributed by atoms with E-state index in [9.17, 15) is 4.79 Å². The van der Waals surface area contributed by atoms with Crippen molar-refractivity contribution in [1.29, 1.82) is 0 Å². The zero-order chi connectivity index (χ0) is 17.9. The van der Waals surface area contributed by atoms with Crippen molar-refractivity contribution in [2.24, 2.45) is 7.05 Å². The lowest BCUT2D eigenvalue weighted by atomic mass is 9.86. The third-order valence-corrected chi connectivity index (χ3v) is 5.31. The normalized spacial score (nSPS) is 15.3. The average Bonchev–Trinajstić information content (AvgIpc) is 2.70. The Morgan fingerprint density at radius 3 is 2.73 bits per heavy atom. The van der Waals surface area contributed by atoms with Crippen LogP contribution in [0.5, 0.6) is 0 Å². The number of aromatic nitrogens is 3. The van der Waals surface area contributed by atoms with Crippen molar-refractivity contribution in [3.05, 3.63) is 64.3 Å². The summed E-state index contributed by atoms with van der Waals surface area (Å²) in [7, 11) is 1.66. The van der Waals surface area contributed by atoms with Gasteiger partial charge in [-0.3, -0.25) is 9.78 Å². The zero-order valence-corrected chi connectivity index (χ0v) is 15.1. The molecular weight excluding hydrogens is 324 g/mol. The number of fused-ring (bicyclic) bond motifs is 1. The van der Waals surface area contributed by atoms with Crippen LogP contribution >= 0.6 is 0 Å². The fraction of sp³-hybridized carbons (Fsp3) is 0.381. The van der Waals surface area contributed by atoms with Gasteiger partial charge in [0.05, 0.1) is 11.6 Å². The fourth-order valence-corrected chi connectivity index (χ4v) is 3.73. The molecule has 0 atom stereocenters. The molecule has 1 aliphatic rings. The fourth-order valence-electron chi connectivity index (χ4n) is 3.73. The third kappa shape index (κ3) is 3.47. The Balaban J connectivity index is 1.44. The highest BCUT2D eigenvalue weighted by Gasteiger charge is 2.16. The lowest BCUT2D eigenvalue weighted by Gasteiger charge is -2.21. The number of nitrogens with one attached hydrogen (secondary N) is 1. The summed E-state index contributed by atoms with van der Waals surface area (Å²) in [6.45, 7) is 0.710. The van der Waals surface area contributed by atoms with Crippen LogP contribution < -0.4 is 10.9 Å². The van der Waals surface area contributed by atoms with Crippen molar-refractivity contribution in [3.63, 3.8) is 0 Å². The van der Waals surface area contributed by atoms with Crippen LogP contribution in [0.15, 0.2) is 47.5 Å². The van der Waals surface area contributed by atoms with Crippen LogP contribution in [0.4, 0.5) is 5.69 Å². The highest BCUT2D eigenvalue weighted by molar-refractivity contribution is 5.84. The molecule has 0 amide bonds. The summed E-state index contributed by atoms with van der Waals surface area (Å²) >= 11 is 0. The summed E-state index contributed by atoms with van der Waals surface area (Å²) in [5.41, 5.74) is 3.30. The van der Waals surface area contributed by atoms with Crippen molar-refractivity contribution in [2.45, 2.75) is 44.6 Å². The molecule has 1 N–H and O–H groups in total. The maximum absolute atomic E-state index is 12.1. The molecule has 0 bridgehead atoms. The minimum absolute atomic E-state index is 0.0726. The van der Waals surface area contributed by atoms with Gasteiger partial charge in [0.1, 0.15) is 0 Å². The van der Waals surface area contributed by atoms with Gasteiger partial charge in [0.15, 0.2) is 0 Å². The molecule has 0 spiro atoms. The van der Waals surface area contributed by atoms with E-state index in [1.807, 2.05) is 24.4 Å². The van der Waals surface area contributed by atoms with Gasteiger partial charge < -0.3 is 5.32 Å². The number of pyridine rings is 1. The maximum Gasteiger partial charge on any atom is 0.274 e. The summed E-state index contributed by atoms with van der Waals surface area (Å²) in [6, 6.07) is 10.1. The van der Waals surface area contributed by atoms with Crippen molar-refractivity contribution in [1.82, 2.24) is 14.8 Å². The van der Waals surface area contributed by atoms with Crippen LogP contribution in [-0.4, -0.2) is 14.8 Å². The van der Waals surface area contributed by atoms with Gasteiger partial charge in [-0.1, -0.05) is 25.3 Å². The monoisotopic (exact) mass is 348 g/mol. The second kappa shape index (κ2) is 7.28. The molecule has 2 aromatic heterocycles. The summed E-state index contributed by atoms with van der Waals surface area (Å²) in [4.78, 5) is 16.7. The molecule has 26 heavy (non-hydrogen) atoms. The molecule has 1 saturated carbocycles. The maximum atomic E-state index is 12.1. The first-order valence-corrected chi connectivity index (χ1v) is 9.35. The molecule has 0 aliphatic heterocycles. The van der Waals surface area contributed by atoms with Crippen LogP contribution in [0.2, 0.25) is 0 Å². The Hall–Kier alpha value is -2.69. The van der Waals surface area contributed by atoms with E-state index in [4.69, 9.17) is 4.98 Å². The van der Waals surface area contributed by atoms with E-state index in [-0.39, 0.29) is 5.56 Å².